The standard InChI is InChI=1S/C11H18N6O4/c1-6(2)13-11(21)14-9(18)5-17-4-7(15-16-17)3-8(12)10(19)20/h4,6,8H,3,5,12H2,1-2H3,(H,19,20)(H2,13,14,18,21). The molecule has 0 fully saturated rings. The molecule has 1 unspecified atom stereocenters. The van der Waals surface area contributed by atoms with E-state index in [-0.39, 0.29) is 19.0 Å². The van der Waals surface area contributed by atoms with Gasteiger partial charge < -0.3 is 16.2 Å². The van der Waals surface area contributed by atoms with Crippen molar-refractivity contribution >= 4 is 17.9 Å². The zero-order chi connectivity index (χ0) is 16.0. The van der Waals surface area contributed by atoms with Crippen molar-refractivity contribution in [1.29, 1.82) is 0 Å². The Morgan fingerprint density at radius 1 is 1.43 bits per heavy atom. The molecule has 3 amide bonds. The fourth-order valence-corrected chi connectivity index (χ4v) is 1.43. The Morgan fingerprint density at radius 3 is 2.67 bits per heavy atom. The number of aromatic nitrogens is 3. The molecule has 0 aliphatic rings. The molecule has 1 aromatic rings. The first-order valence-corrected chi connectivity index (χ1v) is 6.25. The molecule has 0 saturated carbocycles. The number of rotatable bonds is 6. The van der Waals surface area contributed by atoms with E-state index in [9.17, 15) is 14.4 Å². The molecule has 0 aliphatic carbocycles. The molecule has 5 N–H and O–H groups in total. The van der Waals surface area contributed by atoms with E-state index < -0.39 is 23.9 Å². The van der Waals surface area contributed by atoms with Crippen molar-refractivity contribution < 1.29 is 19.5 Å². The van der Waals surface area contributed by atoms with E-state index in [0.29, 0.717) is 5.69 Å². The van der Waals surface area contributed by atoms with Gasteiger partial charge in [0, 0.05) is 18.7 Å². The number of carbonyl (C=O) groups is 3. The summed E-state index contributed by atoms with van der Waals surface area (Å²) in [6.45, 7) is 3.32. The number of carboxylic acid groups (broad SMARTS) is 1. The molecule has 1 atom stereocenters. The van der Waals surface area contributed by atoms with Crippen LogP contribution in [-0.2, 0) is 22.6 Å². The lowest BCUT2D eigenvalue weighted by Gasteiger charge is -2.08. The fourth-order valence-electron chi connectivity index (χ4n) is 1.43. The van der Waals surface area contributed by atoms with Gasteiger partial charge in [0.15, 0.2) is 0 Å². The molecule has 0 aliphatic heterocycles. The largest absolute Gasteiger partial charge is 0.480 e. The summed E-state index contributed by atoms with van der Waals surface area (Å²) in [6.07, 6.45) is 1.41. The first kappa shape index (κ1) is 16.6. The Balaban J connectivity index is 2.49. The van der Waals surface area contributed by atoms with Crippen LogP contribution in [0.25, 0.3) is 0 Å². The van der Waals surface area contributed by atoms with Gasteiger partial charge in [0.05, 0.1) is 5.69 Å². The van der Waals surface area contributed by atoms with Gasteiger partial charge >= 0.3 is 12.0 Å². The summed E-state index contributed by atoms with van der Waals surface area (Å²) in [6, 6.07) is -1.77. The van der Waals surface area contributed by atoms with E-state index in [2.05, 4.69) is 20.9 Å². The third-order valence-electron chi connectivity index (χ3n) is 2.31. The van der Waals surface area contributed by atoms with E-state index in [1.807, 2.05) is 0 Å². The molecule has 116 valence electrons. The molecule has 0 aromatic carbocycles. The highest BCUT2D eigenvalue weighted by Gasteiger charge is 2.15. The molecule has 0 bridgehead atoms. The van der Waals surface area contributed by atoms with E-state index in [4.69, 9.17) is 10.8 Å². The van der Waals surface area contributed by atoms with Gasteiger partial charge in [-0.2, -0.15) is 0 Å². The number of imide groups is 1. The Hall–Kier alpha value is -2.49. The summed E-state index contributed by atoms with van der Waals surface area (Å²) in [5.74, 6) is -1.71. The molecule has 0 radical (unpaired) electrons. The van der Waals surface area contributed by atoms with Gasteiger partial charge in [-0.3, -0.25) is 14.9 Å². The fraction of sp³-hybridized carbons (Fsp3) is 0.545. The SMILES string of the molecule is CC(C)NC(=O)NC(=O)Cn1cc(CC(N)C(=O)O)nn1. The highest BCUT2D eigenvalue weighted by Crippen LogP contribution is 1.98. The van der Waals surface area contributed by atoms with Crippen LogP contribution in [-0.4, -0.2) is 50.1 Å². The Kier molecular flexibility index (Phi) is 5.79. The second kappa shape index (κ2) is 7.33. The maximum atomic E-state index is 11.6. The van der Waals surface area contributed by atoms with E-state index in [1.165, 1.54) is 10.9 Å². The topological polar surface area (TPSA) is 152 Å². The van der Waals surface area contributed by atoms with Gasteiger partial charge in [-0.05, 0) is 13.8 Å². The van der Waals surface area contributed by atoms with Gasteiger partial charge in [-0.15, -0.1) is 5.10 Å². The average Bonchev–Trinajstić information content (AvgIpc) is 2.74. The molecule has 1 heterocycles. The van der Waals surface area contributed by atoms with Gasteiger partial charge in [0.25, 0.3) is 0 Å². The predicted molar refractivity (Wildman–Crippen MR) is 71.1 cm³/mol. The van der Waals surface area contributed by atoms with Crippen LogP contribution < -0.4 is 16.4 Å². The number of nitrogens with one attached hydrogen (secondary N) is 2. The molecule has 0 spiro atoms. The van der Waals surface area contributed by atoms with Crippen molar-refractivity contribution in [3.63, 3.8) is 0 Å². The van der Waals surface area contributed by atoms with Crippen LogP contribution in [0.5, 0.6) is 0 Å². The number of carboxylic acids is 1. The maximum absolute atomic E-state index is 11.6. The van der Waals surface area contributed by atoms with Crippen LogP contribution in [0.15, 0.2) is 6.20 Å². The number of aliphatic carboxylic acids is 1. The Bertz CT molecular complexity index is 527. The highest BCUT2D eigenvalue weighted by atomic mass is 16.4. The second-order valence-electron chi connectivity index (χ2n) is 4.73. The van der Waals surface area contributed by atoms with Gasteiger partial charge in [-0.25, -0.2) is 9.48 Å². The van der Waals surface area contributed by atoms with Crippen molar-refractivity contribution in [1.82, 2.24) is 25.6 Å². The van der Waals surface area contributed by atoms with Crippen molar-refractivity contribution in [3.8, 4) is 0 Å². The van der Waals surface area contributed by atoms with Crippen LogP contribution in [0.1, 0.15) is 19.5 Å². The lowest BCUT2D eigenvalue weighted by atomic mass is 10.2. The quantitative estimate of drug-likeness (QED) is 0.497. The minimum atomic E-state index is -1.15. The van der Waals surface area contributed by atoms with Gasteiger partial charge in [0.1, 0.15) is 12.6 Å². The number of amides is 3. The van der Waals surface area contributed by atoms with E-state index in [0.717, 1.165) is 0 Å². The average molecular weight is 298 g/mol. The van der Waals surface area contributed by atoms with Crippen LogP contribution in [0.2, 0.25) is 0 Å². The smallest absolute Gasteiger partial charge is 0.321 e. The van der Waals surface area contributed by atoms with E-state index >= 15 is 0 Å². The number of hydrogen-bond donors (Lipinski definition) is 4. The molecule has 10 heteroatoms. The molecule has 21 heavy (non-hydrogen) atoms. The summed E-state index contributed by atoms with van der Waals surface area (Å²) in [4.78, 5) is 33.5. The first-order valence-electron chi connectivity index (χ1n) is 6.25. The van der Waals surface area contributed by atoms with Gasteiger partial charge in [0.2, 0.25) is 5.91 Å². The predicted octanol–water partition coefficient (Wildman–Crippen LogP) is -1.53. The zero-order valence-corrected chi connectivity index (χ0v) is 11.7. The maximum Gasteiger partial charge on any atom is 0.321 e. The van der Waals surface area contributed by atoms with Crippen LogP contribution in [0.4, 0.5) is 4.79 Å². The number of urea groups is 1. The van der Waals surface area contributed by atoms with Crippen molar-refractivity contribution in [2.45, 2.75) is 38.9 Å². The Labute approximate surface area is 120 Å². The first-order chi connectivity index (χ1) is 9.77. The highest BCUT2D eigenvalue weighted by molar-refractivity contribution is 5.94. The van der Waals surface area contributed by atoms with Crippen molar-refractivity contribution in [3.05, 3.63) is 11.9 Å². The molecule has 1 aromatic heterocycles. The minimum absolute atomic E-state index is 0.00475. The number of hydrogen-bond acceptors (Lipinski definition) is 6. The molecular formula is C11H18N6O4. The molecule has 1 rings (SSSR count). The lowest BCUT2D eigenvalue weighted by molar-refractivity contribution is -0.138. The van der Waals surface area contributed by atoms with Crippen LogP contribution in [0, 0.1) is 0 Å². The third-order valence-corrected chi connectivity index (χ3v) is 2.31. The van der Waals surface area contributed by atoms with Gasteiger partial charge in [-0.1, -0.05) is 5.21 Å². The molecular weight excluding hydrogens is 280 g/mol. The minimum Gasteiger partial charge on any atom is -0.480 e. The second-order valence-corrected chi connectivity index (χ2v) is 4.73. The molecule has 10 nitrogen and oxygen atoms in total. The summed E-state index contributed by atoms with van der Waals surface area (Å²) < 4.78 is 1.20. The molecule has 0 saturated heterocycles. The van der Waals surface area contributed by atoms with Crippen LogP contribution >= 0.6 is 0 Å². The summed E-state index contributed by atoms with van der Waals surface area (Å²) in [7, 11) is 0. The van der Waals surface area contributed by atoms with E-state index in [1.54, 1.807) is 13.8 Å². The number of carbonyl (C=O) groups excluding carboxylic acids is 2. The zero-order valence-electron chi connectivity index (χ0n) is 11.7. The monoisotopic (exact) mass is 298 g/mol. The summed E-state index contributed by atoms with van der Waals surface area (Å²) in [5, 5.41) is 20.7. The summed E-state index contributed by atoms with van der Waals surface area (Å²) >= 11 is 0. The lowest BCUT2D eigenvalue weighted by Crippen LogP contribution is -2.43. The normalized spacial score (nSPS) is 12.0. The number of nitrogens with two attached hydrogens (primary N) is 1. The third kappa shape index (κ3) is 5.99. The van der Waals surface area contributed by atoms with Crippen molar-refractivity contribution in [2.24, 2.45) is 5.73 Å². The van der Waals surface area contributed by atoms with Crippen molar-refractivity contribution in [2.75, 3.05) is 0 Å². The Morgan fingerprint density at radius 2 is 2.10 bits per heavy atom. The summed E-state index contributed by atoms with van der Waals surface area (Å²) in [5.41, 5.74) is 5.71. The number of nitrogens with zero attached hydrogens (tertiary/aromatic N) is 3. The van der Waals surface area contributed by atoms with Crippen LogP contribution in [0.3, 0.4) is 0 Å².